The molecule has 0 aliphatic rings. The molecule has 0 fully saturated rings. The Balaban J connectivity index is 2.64. The quantitative estimate of drug-likeness (QED) is 0.811. The second kappa shape index (κ2) is 5.85. The van der Waals surface area contributed by atoms with Crippen molar-refractivity contribution in [3.05, 3.63) is 21.2 Å². The third-order valence-electron chi connectivity index (χ3n) is 1.89. The lowest BCUT2D eigenvalue weighted by molar-refractivity contribution is 0.184. The molecule has 0 saturated carbocycles. The summed E-state index contributed by atoms with van der Waals surface area (Å²) in [4.78, 5) is 4.21. The number of aromatic nitrogens is 1. The molecule has 1 rings (SSSR count). The maximum atomic E-state index is 5.73. The molecule has 0 aromatic carbocycles. The SMILES string of the molecule is CC(C)CC(C)Oc1ncc(Br)cc1Br. The van der Waals surface area contributed by atoms with Crippen LogP contribution < -0.4 is 4.74 Å². The van der Waals surface area contributed by atoms with Crippen LogP contribution in [0.3, 0.4) is 0 Å². The number of halogens is 2. The average Bonchev–Trinajstić information content (AvgIpc) is 2.08. The minimum Gasteiger partial charge on any atom is -0.474 e. The largest absolute Gasteiger partial charge is 0.474 e. The molecule has 0 spiro atoms. The van der Waals surface area contributed by atoms with Gasteiger partial charge in [-0.15, -0.1) is 0 Å². The van der Waals surface area contributed by atoms with Crippen molar-refractivity contribution in [3.8, 4) is 5.88 Å². The Hall–Kier alpha value is -0.0900. The monoisotopic (exact) mass is 335 g/mol. The van der Waals surface area contributed by atoms with E-state index in [0.29, 0.717) is 11.8 Å². The zero-order valence-corrected chi connectivity index (χ0v) is 12.3. The molecule has 1 unspecified atom stereocenters. The van der Waals surface area contributed by atoms with E-state index in [1.54, 1.807) is 6.20 Å². The summed E-state index contributed by atoms with van der Waals surface area (Å²) in [6.07, 6.45) is 2.96. The maximum absolute atomic E-state index is 5.73. The normalized spacial score (nSPS) is 12.9. The van der Waals surface area contributed by atoms with Crippen LogP contribution in [0.25, 0.3) is 0 Å². The molecule has 0 amide bonds. The third-order valence-corrected chi connectivity index (χ3v) is 2.89. The molecule has 1 atom stereocenters. The Bertz CT molecular complexity index is 328. The van der Waals surface area contributed by atoms with Gasteiger partial charge in [0, 0.05) is 10.7 Å². The molecule has 15 heavy (non-hydrogen) atoms. The molecule has 2 nitrogen and oxygen atoms in total. The summed E-state index contributed by atoms with van der Waals surface area (Å²) < 4.78 is 7.56. The lowest BCUT2D eigenvalue weighted by atomic mass is 10.1. The Morgan fingerprint density at radius 2 is 2.00 bits per heavy atom. The van der Waals surface area contributed by atoms with E-state index in [2.05, 4.69) is 57.6 Å². The highest BCUT2D eigenvalue weighted by atomic mass is 79.9. The van der Waals surface area contributed by atoms with E-state index in [0.717, 1.165) is 15.4 Å². The number of nitrogens with zero attached hydrogens (tertiary/aromatic N) is 1. The zero-order chi connectivity index (χ0) is 11.4. The van der Waals surface area contributed by atoms with E-state index in [1.807, 2.05) is 6.07 Å². The van der Waals surface area contributed by atoms with E-state index >= 15 is 0 Å². The van der Waals surface area contributed by atoms with Gasteiger partial charge in [-0.1, -0.05) is 13.8 Å². The summed E-state index contributed by atoms with van der Waals surface area (Å²) in [5.74, 6) is 1.29. The van der Waals surface area contributed by atoms with Crippen molar-refractivity contribution in [1.29, 1.82) is 0 Å². The van der Waals surface area contributed by atoms with Crippen LogP contribution in [0.1, 0.15) is 27.2 Å². The summed E-state index contributed by atoms with van der Waals surface area (Å²) in [6, 6.07) is 1.93. The van der Waals surface area contributed by atoms with Crippen LogP contribution in [0.2, 0.25) is 0 Å². The number of rotatable bonds is 4. The minimum atomic E-state index is 0.190. The second-order valence-corrected chi connectivity index (χ2v) is 5.77. The lowest BCUT2D eigenvalue weighted by Crippen LogP contribution is -2.15. The van der Waals surface area contributed by atoms with E-state index in [9.17, 15) is 0 Å². The molecule has 1 aromatic heterocycles. The molecule has 84 valence electrons. The van der Waals surface area contributed by atoms with Crippen LogP contribution in [0, 0.1) is 5.92 Å². The van der Waals surface area contributed by atoms with Gasteiger partial charge in [0.05, 0.1) is 10.6 Å². The summed E-state index contributed by atoms with van der Waals surface area (Å²) in [7, 11) is 0. The van der Waals surface area contributed by atoms with Crippen LogP contribution in [-0.4, -0.2) is 11.1 Å². The van der Waals surface area contributed by atoms with Gasteiger partial charge in [0.2, 0.25) is 5.88 Å². The third kappa shape index (κ3) is 4.51. The number of hydrogen-bond acceptors (Lipinski definition) is 2. The number of pyridine rings is 1. The first-order valence-electron chi connectivity index (χ1n) is 4.96. The van der Waals surface area contributed by atoms with Crippen LogP contribution in [0.15, 0.2) is 21.2 Å². The van der Waals surface area contributed by atoms with E-state index in [-0.39, 0.29) is 6.10 Å². The average molecular weight is 337 g/mol. The predicted octanol–water partition coefficient (Wildman–Crippen LogP) is 4.42. The van der Waals surface area contributed by atoms with Crippen molar-refractivity contribution in [2.45, 2.75) is 33.3 Å². The summed E-state index contributed by atoms with van der Waals surface area (Å²) >= 11 is 6.78. The fourth-order valence-electron chi connectivity index (χ4n) is 1.39. The van der Waals surface area contributed by atoms with Gasteiger partial charge in [-0.2, -0.15) is 0 Å². The highest BCUT2D eigenvalue weighted by molar-refractivity contribution is 9.11. The van der Waals surface area contributed by atoms with Crippen molar-refractivity contribution in [2.24, 2.45) is 5.92 Å². The molecule has 0 N–H and O–H groups in total. The van der Waals surface area contributed by atoms with Gasteiger partial charge >= 0.3 is 0 Å². The van der Waals surface area contributed by atoms with Crippen LogP contribution in [0.5, 0.6) is 5.88 Å². The molecule has 0 aliphatic heterocycles. The van der Waals surface area contributed by atoms with Gasteiger partial charge < -0.3 is 4.74 Å². The predicted molar refractivity (Wildman–Crippen MR) is 69.2 cm³/mol. The van der Waals surface area contributed by atoms with Gasteiger partial charge in [-0.05, 0) is 57.2 Å². The first-order chi connectivity index (χ1) is 6.99. The van der Waals surface area contributed by atoms with Gasteiger partial charge in [-0.3, -0.25) is 0 Å². The summed E-state index contributed by atoms with van der Waals surface area (Å²) in [6.45, 7) is 6.43. The van der Waals surface area contributed by atoms with Crippen LogP contribution in [-0.2, 0) is 0 Å². The zero-order valence-electron chi connectivity index (χ0n) is 9.13. The Morgan fingerprint density at radius 3 is 2.53 bits per heavy atom. The fourth-order valence-corrected chi connectivity index (χ4v) is 2.47. The van der Waals surface area contributed by atoms with Gasteiger partial charge in [-0.25, -0.2) is 4.98 Å². The summed E-state index contributed by atoms with van der Waals surface area (Å²) in [5, 5.41) is 0. The highest BCUT2D eigenvalue weighted by Gasteiger charge is 2.10. The highest BCUT2D eigenvalue weighted by Crippen LogP contribution is 2.26. The summed E-state index contributed by atoms with van der Waals surface area (Å²) in [5.41, 5.74) is 0. The molecule has 1 heterocycles. The van der Waals surface area contributed by atoms with E-state index in [1.165, 1.54) is 0 Å². The van der Waals surface area contributed by atoms with Crippen molar-refractivity contribution in [3.63, 3.8) is 0 Å². The van der Waals surface area contributed by atoms with Gasteiger partial charge in [0.1, 0.15) is 0 Å². The maximum Gasteiger partial charge on any atom is 0.228 e. The van der Waals surface area contributed by atoms with Crippen LogP contribution >= 0.6 is 31.9 Å². The molecule has 0 radical (unpaired) electrons. The molecule has 1 aromatic rings. The first kappa shape index (κ1) is 13.0. The number of ether oxygens (including phenoxy) is 1. The lowest BCUT2D eigenvalue weighted by Gasteiger charge is -2.16. The Morgan fingerprint density at radius 1 is 1.33 bits per heavy atom. The molecule has 0 bridgehead atoms. The molecule has 0 aliphatic carbocycles. The second-order valence-electron chi connectivity index (χ2n) is 4.00. The first-order valence-corrected chi connectivity index (χ1v) is 6.55. The fraction of sp³-hybridized carbons (Fsp3) is 0.545. The van der Waals surface area contributed by atoms with Gasteiger partial charge in [0.15, 0.2) is 0 Å². The van der Waals surface area contributed by atoms with Gasteiger partial charge in [0.25, 0.3) is 0 Å². The molecule has 4 heteroatoms. The minimum absolute atomic E-state index is 0.190. The van der Waals surface area contributed by atoms with Crippen molar-refractivity contribution < 1.29 is 4.74 Å². The topological polar surface area (TPSA) is 22.1 Å². The Labute approximate surface area is 108 Å². The molecular weight excluding hydrogens is 322 g/mol. The van der Waals surface area contributed by atoms with Crippen LogP contribution in [0.4, 0.5) is 0 Å². The Kier molecular flexibility index (Phi) is 5.06. The smallest absolute Gasteiger partial charge is 0.228 e. The molecule has 0 saturated heterocycles. The van der Waals surface area contributed by atoms with Crippen molar-refractivity contribution >= 4 is 31.9 Å². The van der Waals surface area contributed by atoms with Crippen molar-refractivity contribution in [1.82, 2.24) is 4.98 Å². The number of hydrogen-bond donors (Lipinski definition) is 0. The van der Waals surface area contributed by atoms with E-state index < -0.39 is 0 Å². The van der Waals surface area contributed by atoms with Crippen molar-refractivity contribution in [2.75, 3.05) is 0 Å². The molecular formula is C11H15Br2NO. The van der Waals surface area contributed by atoms with E-state index in [4.69, 9.17) is 4.74 Å². The standard InChI is InChI=1S/C11H15Br2NO/c1-7(2)4-8(3)15-11-10(13)5-9(12)6-14-11/h5-8H,4H2,1-3H3.